The number of nitrogens with one attached hydrogen (secondary N) is 1. The highest BCUT2D eigenvalue weighted by Gasteiger charge is 2.34. The number of benzene rings is 1. The molecule has 3 heterocycles. The van der Waals surface area contributed by atoms with E-state index in [1.54, 1.807) is 9.42 Å². The van der Waals surface area contributed by atoms with Gasteiger partial charge in [0.1, 0.15) is 0 Å². The molecule has 4 rings (SSSR count). The van der Waals surface area contributed by atoms with Crippen LogP contribution >= 0.6 is 11.3 Å². The molecule has 0 saturated carbocycles. The molecule has 8 nitrogen and oxygen atoms in total. The van der Waals surface area contributed by atoms with Crippen LogP contribution in [0.15, 0.2) is 29.6 Å². The first-order valence-corrected chi connectivity index (χ1v) is 10.9. The smallest absolute Gasteiger partial charge is 0.250 e. The van der Waals surface area contributed by atoms with Gasteiger partial charge < -0.3 is 9.80 Å². The van der Waals surface area contributed by atoms with Gasteiger partial charge in [-0.05, 0) is 34.0 Å². The molecule has 1 fully saturated rings. The van der Waals surface area contributed by atoms with Gasteiger partial charge in [0.15, 0.2) is 0 Å². The van der Waals surface area contributed by atoms with Crippen LogP contribution in [0.3, 0.4) is 0 Å². The second-order valence-corrected chi connectivity index (χ2v) is 8.84. The molecule has 2 aromatic heterocycles. The second-order valence-electron chi connectivity index (χ2n) is 8.00. The molecule has 3 aromatic rings. The third-order valence-corrected chi connectivity index (χ3v) is 6.10. The predicted octanol–water partition coefficient (Wildman–Crippen LogP) is 2.50. The largest absolute Gasteiger partial charge is 0.342 e. The van der Waals surface area contributed by atoms with E-state index in [4.69, 9.17) is 0 Å². The van der Waals surface area contributed by atoms with Gasteiger partial charge in [0.05, 0.1) is 11.6 Å². The van der Waals surface area contributed by atoms with Gasteiger partial charge in [-0.25, -0.2) is 4.52 Å². The molecule has 9 heteroatoms. The SMILES string of the molecule is Cc1ccc(-c2csc3nc(NC(=O)C4CC(=O)N(CCCN(C)C)C4)nn23)cc1. The molecule has 1 saturated heterocycles. The van der Waals surface area contributed by atoms with Crippen LogP contribution in [0.1, 0.15) is 18.4 Å². The second kappa shape index (κ2) is 8.53. The molecule has 0 aliphatic carbocycles. The van der Waals surface area contributed by atoms with E-state index in [1.165, 1.54) is 16.9 Å². The summed E-state index contributed by atoms with van der Waals surface area (Å²) in [6, 6.07) is 8.21. The number of carbonyl (C=O) groups is 2. The van der Waals surface area contributed by atoms with E-state index < -0.39 is 0 Å². The Hall–Kier alpha value is -2.78. The van der Waals surface area contributed by atoms with Crippen LogP contribution in [-0.2, 0) is 9.59 Å². The van der Waals surface area contributed by atoms with Crippen LogP contribution in [0.25, 0.3) is 16.2 Å². The number of fused-ring (bicyclic) bond motifs is 1. The molecule has 0 radical (unpaired) electrons. The number of likely N-dealkylation sites (tertiary alicyclic amines) is 1. The average Bonchev–Trinajstić information content (AvgIpc) is 3.37. The summed E-state index contributed by atoms with van der Waals surface area (Å²) < 4.78 is 1.75. The van der Waals surface area contributed by atoms with Crippen molar-refractivity contribution in [3.05, 3.63) is 35.2 Å². The number of thiazole rings is 1. The molecule has 1 aliphatic rings. The van der Waals surface area contributed by atoms with Crippen molar-refractivity contribution < 1.29 is 9.59 Å². The maximum absolute atomic E-state index is 12.7. The van der Waals surface area contributed by atoms with Gasteiger partial charge in [-0.2, -0.15) is 4.98 Å². The van der Waals surface area contributed by atoms with Gasteiger partial charge in [0.2, 0.25) is 22.7 Å². The van der Waals surface area contributed by atoms with Crippen molar-refractivity contribution in [1.82, 2.24) is 24.4 Å². The minimum absolute atomic E-state index is 0.0364. The van der Waals surface area contributed by atoms with Crippen LogP contribution in [0, 0.1) is 12.8 Å². The van der Waals surface area contributed by atoms with Gasteiger partial charge in [-0.1, -0.05) is 29.8 Å². The maximum Gasteiger partial charge on any atom is 0.250 e. The third-order valence-electron chi connectivity index (χ3n) is 5.28. The normalized spacial score (nSPS) is 16.7. The quantitative estimate of drug-likeness (QED) is 0.628. The minimum Gasteiger partial charge on any atom is -0.342 e. The third kappa shape index (κ3) is 4.36. The summed E-state index contributed by atoms with van der Waals surface area (Å²) in [5.74, 6) is -0.253. The van der Waals surface area contributed by atoms with Crippen molar-refractivity contribution in [3.63, 3.8) is 0 Å². The number of hydrogen-bond donors (Lipinski definition) is 1. The van der Waals surface area contributed by atoms with E-state index in [-0.39, 0.29) is 30.1 Å². The molecule has 1 unspecified atom stereocenters. The van der Waals surface area contributed by atoms with E-state index in [0.717, 1.165) is 24.2 Å². The number of carbonyl (C=O) groups excluding carboxylic acids is 2. The van der Waals surface area contributed by atoms with Crippen molar-refractivity contribution in [1.29, 1.82) is 0 Å². The molecule has 0 spiro atoms. The Kier molecular flexibility index (Phi) is 5.83. The highest BCUT2D eigenvalue weighted by molar-refractivity contribution is 7.15. The van der Waals surface area contributed by atoms with Gasteiger partial charge in [0, 0.05) is 30.5 Å². The van der Waals surface area contributed by atoms with Crippen LogP contribution < -0.4 is 5.32 Å². The summed E-state index contributed by atoms with van der Waals surface area (Å²) in [7, 11) is 4.02. The zero-order valence-corrected chi connectivity index (χ0v) is 18.3. The number of aryl methyl sites for hydroxylation is 1. The lowest BCUT2D eigenvalue weighted by Crippen LogP contribution is -2.30. The molecule has 1 N–H and O–H groups in total. The van der Waals surface area contributed by atoms with E-state index in [2.05, 4.69) is 32.4 Å². The highest BCUT2D eigenvalue weighted by Crippen LogP contribution is 2.26. The molecular formula is C21H26N6O2S. The van der Waals surface area contributed by atoms with E-state index in [9.17, 15) is 9.59 Å². The molecule has 1 aliphatic heterocycles. The Balaban J connectivity index is 1.41. The van der Waals surface area contributed by atoms with Gasteiger partial charge in [-0.15, -0.1) is 16.4 Å². The van der Waals surface area contributed by atoms with Crippen LogP contribution in [0.4, 0.5) is 5.95 Å². The summed E-state index contributed by atoms with van der Waals surface area (Å²) >= 11 is 1.48. The van der Waals surface area contributed by atoms with Crippen molar-refractivity contribution in [2.24, 2.45) is 5.92 Å². The summed E-state index contributed by atoms with van der Waals surface area (Å²) in [5, 5.41) is 9.28. The predicted molar refractivity (Wildman–Crippen MR) is 118 cm³/mol. The number of rotatable bonds is 7. The lowest BCUT2D eigenvalue weighted by Gasteiger charge is -2.17. The zero-order chi connectivity index (χ0) is 21.3. The number of anilines is 1. The monoisotopic (exact) mass is 426 g/mol. The van der Waals surface area contributed by atoms with Crippen molar-refractivity contribution in [3.8, 4) is 11.3 Å². The number of aromatic nitrogens is 3. The van der Waals surface area contributed by atoms with Crippen molar-refractivity contribution >= 4 is 34.1 Å². The fourth-order valence-corrected chi connectivity index (χ4v) is 4.44. The fourth-order valence-electron chi connectivity index (χ4n) is 3.61. The first-order valence-electron chi connectivity index (χ1n) is 10.1. The van der Waals surface area contributed by atoms with Gasteiger partial charge in [-0.3, -0.25) is 14.9 Å². The van der Waals surface area contributed by atoms with Crippen molar-refractivity contribution in [2.75, 3.05) is 39.0 Å². The maximum atomic E-state index is 12.7. The minimum atomic E-state index is -0.366. The number of amides is 2. The molecule has 30 heavy (non-hydrogen) atoms. The molecule has 2 amide bonds. The molecule has 158 valence electrons. The Labute approximate surface area is 179 Å². The van der Waals surface area contributed by atoms with Crippen LogP contribution in [0.5, 0.6) is 0 Å². The van der Waals surface area contributed by atoms with E-state index in [1.807, 2.05) is 38.5 Å². The lowest BCUT2D eigenvalue weighted by molar-refractivity contribution is -0.128. The topological polar surface area (TPSA) is 82.8 Å². The first kappa shape index (κ1) is 20.5. The van der Waals surface area contributed by atoms with Crippen LogP contribution in [-0.4, -0.2) is 69.9 Å². The molecule has 1 atom stereocenters. The Morgan fingerprint density at radius 1 is 1.30 bits per heavy atom. The Bertz CT molecular complexity index is 1060. The fraction of sp³-hybridized carbons (Fsp3) is 0.429. The summed E-state index contributed by atoms with van der Waals surface area (Å²) in [5.41, 5.74) is 3.18. The Morgan fingerprint density at radius 2 is 2.07 bits per heavy atom. The molecular weight excluding hydrogens is 400 g/mol. The zero-order valence-electron chi connectivity index (χ0n) is 17.5. The van der Waals surface area contributed by atoms with E-state index >= 15 is 0 Å². The Morgan fingerprint density at radius 3 is 2.80 bits per heavy atom. The average molecular weight is 427 g/mol. The highest BCUT2D eigenvalue weighted by atomic mass is 32.1. The standard InChI is InChI=1S/C21H26N6O2S/c1-14-5-7-15(8-6-14)17-13-30-21-23-20(24-27(17)21)22-19(29)16-11-18(28)26(12-16)10-4-9-25(2)3/h5-8,13,16H,4,9-12H2,1-3H3,(H,22,24,29). The van der Waals surface area contributed by atoms with Gasteiger partial charge in [0.25, 0.3) is 0 Å². The lowest BCUT2D eigenvalue weighted by atomic mass is 10.1. The summed E-state index contributed by atoms with van der Waals surface area (Å²) in [6.45, 7) is 4.10. The number of nitrogens with zero attached hydrogens (tertiary/aromatic N) is 5. The summed E-state index contributed by atoms with van der Waals surface area (Å²) in [6.07, 6.45) is 1.14. The van der Waals surface area contributed by atoms with Crippen molar-refractivity contribution in [2.45, 2.75) is 19.8 Å². The van der Waals surface area contributed by atoms with Gasteiger partial charge >= 0.3 is 0 Å². The first-order chi connectivity index (χ1) is 14.4. The number of hydrogen-bond acceptors (Lipinski definition) is 6. The molecule has 1 aromatic carbocycles. The summed E-state index contributed by atoms with van der Waals surface area (Å²) in [4.78, 5) is 34.0. The molecule has 0 bridgehead atoms. The van der Waals surface area contributed by atoms with E-state index in [0.29, 0.717) is 18.1 Å². The van der Waals surface area contributed by atoms with Crippen LogP contribution in [0.2, 0.25) is 0 Å².